The third kappa shape index (κ3) is 7.53. The van der Waals surface area contributed by atoms with E-state index in [-0.39, 0.29) is 23.7 Å². The number of ether oxygens (including phenoxy) is 1. The smallest absolute Gasteiger partial charge is 0.228 e. The molecular weight excluding hydrogens is 582 g/mol. The SMILES string of the molecule is CNC(=C1CC1)/C(N)=C(/C=C(\N)NC(=O)C1CC1)Nc1ccc(C)c(/C(N)=C/N(N)C2CN(Cc3cccc(C#N)n3)C2)c1OC. The number of rotatable bonds is 13. The van der Waals surface area contributed by atoms with Crippen LogP contribution in [0.25, 0.3) is 5.70 Å². The Morgan fingerprint density at radius 2 is 1.93 bits per heavy atom. The number of methoxy groups -OCH3 is 1. The first-order chi connectivity index (χ1) is 22.1. The Hall–Kier alpha value is -5.19. The number of amides is 1. The fourth-order valence-corrected chi connectivity index (χ4v) is 5.46. The van der Waals surface area contributed by atoms with Gasteiger partial charge >= 0.3 is 0 Å². The number of benzene rings is 1. The quantitative estimate of drug-likeness (QED) is 0.0965. The number of aromatic nitrogens is 1. The van der Waals surface area contributed by atoms with Crippen molar-refractivity contribution in [2.45, 2.75) is 45.2 Å². The van der Waals surface area contributed by atoms with Crippen molar-refractivity contribution in [1.82, 2.24) is 25.5 Å². The van der Waals surface area contributed by atoms with E-state index in [0.717, 1.165) is 55.7 Å². The summed E-state index contributed by atoms with van der Waals surface area (Å²) >= 11 is 0. The topological polar surface area (TPSA) is 210 Å². The summed E-state index contributed by atoms with van der Waals surface area (Å²) in [6, 6.07) is 11.4. The second kappa shape index (κ2) is 13.8. The molecule has 2 saturated carbocycles. The number of nitrogens with zero attached hydrogens (tertiary/aromatic N) is 4. The van der Waals surface area contributed by atoms with Crippen LogP contribution in [0.2, 0.25) is 0 Å². The number of hydrogen-bond donors (Lipinski definition) is 7. The van der Waals surface area contributed by atoms with Crippen molar-refractivity contribution < 1.29 is 9.53 Å². The minimum absolute atomic E-state index is 0.00395. The molecule has 1 amide bonds. The minimum Gasteiger partial charge on any atom is -0.494 e. The summed E-state index contributed by atoms with van der Waals surface area (Å²) in [6.07, 6.45) is 7.00. The molecule has 242 valence electrons. The summed E-state index contributed by atoms with van der Waals surface area (Å²) in [7, 11) is 3.40. The van der Waals surface area contributed by atoms with Gasteiger partial charge in [-0.1, -0.05) is 12.1 Å². The zero-order valence-electron chi connectivity index (χ0n) is 26.6. The predicted octanol–water partition coefficient (Wildman–Crippen LogP) is 1.76. The number of nitriles is 1. The van der Waals surface area contributed by atoms with Crippen molar-refractivity contribution in [1.29, 1.82) is 5.26 Å². The average molecular weight is 626 g/mol. The summed E-state index contributed by atoms with van der Waals surface area (Å²) in [5.41, 5.74) is 26.5. The van der Waals surface area contributed by atoms with Gasteiger partial charge in [0.1, 0.15) is 17.6 Å². The Balaban J connectivity index is 1.36. The van der Waals surface area contributed by atoms with Crippen LogP contribution in [0.4, 0.5) is 5.69 Å². The van der Waals surface area contributed by atoms with Gasteiger partial charge in [0.15, 0.2) is 5.75 Å². The van der Waals surface area contributed by atoms with Gasteiger partial charge in [0, 0.05) is 50.4 Å². The maximum Gasteiger partial charge on any atom is 0.228 e. The second-order valence-corrected chi connectivity index (χ2v) is 11.9. The Bertz CT molecular complexity index is 1650. The summed E-state index contributed by atoms with van der Waals surface area (Å²) in [5.74, 6) is 7.06. The van der Waals surface area contributed by atoms with Crippen LogP contribution in [0.5, 0.6) is 5.75 Å². The van der Waals surface area contributed by atoms with Crippen LogP contribution in [0, 0.1) is 24.2 Å². The third-order valence-electron chi connectivity index (χ3n) is 8.26. The van der Waals surface area contributed by atoms with Crippen LogP contribution in [0.15, 0.2) is 71.1 Å². The number of likely N-dealkylation sites (tertiary alicyclic amines) is 1. The Morgan fingerprint density at radius 1 is 1.20 bits per heavy atom. The molecule has 13 heteroatoms. The molecule has 0 radical (unpaired) electrons. The van der Waals surface area contributed by atoms with Gasteiger partial charge < -0.3 is 42.9 Å². The van der Waals surface area contributed by atoms with Crippen molar-refractivity contribution >= 4 is 17.3 Å². The van der Waals surface area contributed by atoms with Crippen molar-refractivity contribution in [3.8, 4) is 11.8 Å². The number of nitrogens with two attached hydrogens (primary N) is 4. The van der Waals surface area contributed by atoms with Gasteiger partial charge in [-0.05, 0) is 61.9 Å². The maximum absolute atomic E-state index is 12.4. The summed E-state index contributed by atoms with van der Waals surface area (Å²) < 4.78 is 5.91. The van der Waals surface area contributed by atoms with Crippen LogP contribution in [0.1, 0.15) is 48.2 Å². The first kappa shape index (κ1) is 32.2. The van der Waals surface area contributed by atoms with Crippen LogP contribution in [0.3, 0.4) is 0 Å². The molecule has 1 aromatic carbocycles. The number of allylic oxidation sites excluding steroid dienone is 2. The van der Waals surface area contributed by atoms with Crippen LogP contribution in [-0.2, 0) is 11.3 Å². The van der Waals surface area contributed by atoms with Gasteiger partial charge in [-0.2, -0.15) is 5.26 Å². The molecule has 2 aromatic rings. The standard InChI is InChI=1S/C33H43N11O2/c1-19-7-12-26(41-27(30(37)31(39-2)20-8-9-20)13-28(36)42-33(45)21-10-11-21)32(46-3)29(19)25(35)18-44(38)24-16-43(17-24)15-23-6-4-5-22(14-34)40-23/h4-7,12-13,18,21,24,39,41H,8-11,15-17,35-38H2,1-3H3,(H,42,45)/b25-18-,28-13+,30-27+. The molecule has 2 aliphatic carbocycles. The molecule has 11 N–H and O–H groups in total. The number of likely N-dealkylation sites (N-methyl/N-ethyl adjacent to an activating group) is 1. The number of aryl methyl sites for hydroxylation is 1. The number of anilines is 1. The molecular formula is C33H43N11O2. The lowest BCUT2D eigenvalue weighted by Crippen LogP contribution is -2.59. The van der Waals surface area contributed by atoms with Crippen LogP contribution >= 0.6 is 0 Å². The molecule has 1 aliphatic heterocycles. The van der Waals surface area contributed by atoms with E-state index in [1.165, 1.54) is 5.57 Å². The molecule has 0 atom stereocenters. The van der Waals surface area contributed by atoms with Crippen molar-refractivity contribution in [3.05, 3.63) is 93.6 Å². The highest BCUT2D eigenvalue weighted by atomic mass is 16.5. The zero-order chi connectivity index (χ0) is 33.0. The van der Waals surface area contributed by atoms with Gasteiger partial charge in [-0.25, -0.2) is 10.8 Å². The fraction of sp³-hybridized carbons (Fsp3) is 0.364. The zero-order valence-corrected chi connectivity index (χ0v) is 26.6. The minimum atomic E-state index is -0.0973. The Morgan fingerprint density at radius 3 is 2.57 bits per heavy atom. The molecule has 3 aliphatic rings. The molecule has 13 nitrogen and oxygen atoms in total. The normalized spacial score (nSPS) is 17.3. The molecule has 0 spiro atoms. The first-order valence-electron chi connectivity index (χ1n) is 15.3. The number of carbonyl (C=O) groups is 1. The van der Waals surface area contributed by atoms with Crippen LogP contribution < -0.4 is 43.7 Å². The van der Waals surface area contributed by atoms with Crippen molar-refractivity contribution in [2.24, 2.45) is 29.0 Å². The van der Waals surface area contributed by atoms with Gasteiger partial charge in [-0.15, -0.1) is 0 Å². The number of hydrogen-bond acceptors (Lipinski definition) is 12. The lowest BCUT2D eigenvalue weighted by atomic mass is 10.0. The van der Waals surface area contributed by atoms with E-state index in [4.69, 9.17) is 33.0 Å². The second-order valence-electron chi connectivity index (χ2n) is 11.9. The van der Waals surface area contributed by atoms with E-state index in [2.05, 4.69) is 31.9 Å². The van der Waals surface area contributed by atoms with Crippen LogP contribution in [-0.4, -0.2) is 54.1 Å². The van der Waals surface area contributed by atoms with E-state index in [1.807, 2.05) is 38.2 Å². The highest BCUT2D eigenvalue weighted by Gasteiger charge is 2.31. The maximum atomic E-state index is 12.4. The fourth-order valence-electron chi connectivity index (χ4n) is 5.46. The van der Waals surface area contributed by atoms with E-state index in [9.17, 15) is 4.79 Å². The Kier molecular flexibility index (Phi) is 9.69. The number of nitrogens with one attached hydrogen (secondary N) is 3. The molecule has 2 heterocycles. The molecule has 1 saturated heterocycles. The van der Waals surface area contributed by atoms with Gasteiger partial charge in [0.25, 0.3) is 0 Å². The van der Waals surface area contributed by atoms with Crippen molar-refractivity contribution in [2.75, 3.05) is 32.6 Å². The van der Waals surface area contributed by atoms with E-state index >= 15 is 0 Å². The lowest BCUT2D eigenvalue weighted by Gasteiger charge is -2.43. The first-order valence-corrected chi connectivity index (χ1v) is 15.3. The number of hydrazine groups is 1. The van der Waals surface area contributed by atoms with Crippen molar-refractivity contribution in [3.63, 3.8) is 0 Å². The monoisotopic (exact) mass is 625 g/mol. The average Bonchev–Trinajstić information content (AvgIpc) is 3.93. The molecule has 0 bridgehead atoms. The summed E-state index contributed by atoms with van der Waals surface area (Å²) in [4.78, 5) is 18.9. The Labute approximate surface area is 269 Å². The molecule has 1 aromatic heterocycles. The lowest BCUT2D eigenvalue weighted by molar-refractivity contribution is -0.121. The predicted molar refractivity (Wildman–Crippen MR) is 177 cm³/mol. The summed E-state index contributed by atoms with van der Waals surface area (Å²) in [6.45, 7) is 4.02. The van der Waals surface area contributed by atoms with E-state index < -0.39 is 0 Å². The number of pyridine rings is 1. The van der Waals surface area contributed by atoms with Gasteiger partial charge in [0.05, 0.1) is 47.3 Å². The molecule has 0 unspecified atom stereocenters. The van der Waals surface area contributed by atoms with E-state index in [0.29, 0.717) is 46.3 Å². The van der Waals surface area contributed by atoms with E-state index in [1.54, 1.807) is 30.5 Å². The van der Waals surface area contributed by atoms with Gasteiger partial charge in [-0.3, -0.25) is 9.69 Å². The molecule has 46 heavy (non-hydrogen) atoms. The molecule has 3 fully saturated rings. The summed E-state index contributed by atoms with van der Waals surface area (Å²) in [5, 5.41) is 20.1. The largest absolute Gasteiger partial charge is 0.494 e. The van der Waals surface area contributed by atoms with Gasteiger partial charge in [0.2, 0.25) is 5.91 Å². The number of carbonyl (C=O) groups excluding carboxylic acids is 1. The highest BCUT2D eigenvalue weighted by molar-refractivity contribution is 5.82. The molecule has 5 rings (SSSR count). The third-order valence-corrected chi connectivity index (χ3v) is 8.26. The highest BCUT2D eigenvalue weighted by Crippen LogP contribution is 2.37.